The third-order valence-electron chi connectivity index (χ3n) is 2.81. The molecule has 2 saturated heterocycles. The SMILES string of the molecule is C[C@@H]1CC(=S)O[C@@H]2CCCO[C@H]2C1. The molecule has 2 nitrogen and oxygen atoms in total. The Bertz CT molecular complexity index is 205. The summed E-state index contributed by atoms with van der Waals surface area (Å²) in [6.07, 6.45) is 4.78. The largest absolute Gasteiger partial charge is 0.481 e. The molecule has 0 aromatic carbocycles. The molecule has 2 rings (SSSR count). The molecule has 2 heterocycles. The Kier molecular flexibility index (Phi) is 2.84. The number of ether oxygens (including phenoxy) is 2. The molecule has 0 bridgehead atoms. The first-order chi connectivity index (χ1) is 6.25. The lowest BCUT2D eigenvalue weighted by Gasteiger charge is -2.30. The second-order valence-electron chi connectivity index (χ2n) is 4.12. The fraction of sp³-hybridized carbons (Fsp3) is 0.900. The second kappa shape index (κ2) is 3.93. The van der Waals surface area contributed by atoms with Crippen molar-refractivity contribution in [3.63, 3.8) is 0 Å². The van der Waals surface area contributed by atoms with E-state index in [1.165, 1.54) is 0 Å². The predicted octanol–water partition coefficient (Wildman–Crippen LogP) is 2.31. The van der Waals surface area contributed by atoms with Crippen LogP contribution in [0.4, 0.5) is 0 Å². The third kappa shape index (κ3) is 2.20. The first-order valence-corrected chi connectivity index (χ1v) is 5.47. The van der Waals surface area contributed by atoms with Crippen LogP contribution in [0.15, 0.2) is 0 Å². The van der Waals surface area contributed by atoms with Gasteiger partial charge in [-0.2, -0.15) is 0 Å². The van der Waals surface area contributed by atoms with E-state index in [0.29, 0.717) is 12.0 Å². The maximum atomic E-state index is 5.70. The average Bonchev–Trinajstić information content (AvgIpc) is 2.20. The Morgan fingerprint density at radius 3 is 3.08 bits per heavy atom. The van der Waals surface area contributed by atoms with E-state index in [0.717, 1.165) is 37.3 Å². The Hall–Kier alpha value is -0.150. The molecule has 0 saturated carbocycles. The van der Waals surface area contributed by atoms with Gasteiger partial charge in [0.05, 0.1) is 6.10 Å². The van der Waals surface area contributed by atoms with E-state index in [1.54, 1.807) is 0 Å². The summed E-state index contributed by atoms with van der Waals surface area (Å²) < 4.78 is 11.4. The van der Waals surface area contributed by atoms with Gasteiger partial charge in [0, 0.05) is 13.0 Å². The van der Waals surface area contributed by atoms with Crippen LogP contribution in [-0.2, 0) is 9.47 Å². The number of fused-ring (bicyclic) bond motifs is 1. The topological polar surface area (TPSA) is 18.5 Å². The average molecular weight is 200 g/mol. The molecule has 0 N–H and O–H groups in total. The molecule has 74 valence electrons. The molecule has 2 aliphatic heterocycles. The Morgan fingerprint density at radius 1 is 1.38 bits per heavy atom. The van der Waals surface area contributed by atoms with Crippen molar-refractivity contribution in [2.24, 2.45) is 5.92 Å². The van der Waals surface area contributed by atoms with Crippen molar-refractivity contribution in [3.8, 4) is 0 Å². The van der Waals surface area contributed by atoms with Crippen molar-refractivity contribution in [2.45, 2.75) is 44.8 Å². The summed E-state index contributed by atoms with van der Waals surface area (Å²) >= 11 is 5.16. The van der Waals surface area contributed by atoms with Crippen molar-refractivity contribution in [2.75, 3.05) is 6.61 Å². The zero-order valence-corrected chi connectivity index (χ0v) is 8.81. The van der Waals surface area contributed by atoms with Crippen LogP contribution in [0.3, 0.4) is 0 Å². The maximum Gasteiger partial charge on any atom is 0.160 e. The van der Waals surface area contributed by atoms with E-state index < -0.39 is 0 Å². The van der Waals surface area contributed by atoms with Crippen LogP contribution >= 0.6 is 12.2 Å². The molecule has 3 atom stereocenters. The number of rotatable bonds is 0. The predicted molar refractivity (Wildman–Crippen MR) is 54.8 cm³/mol. The zero-order valence-electron chi connectivity index (χ0n) is 7.99. The van der Waals surface area contributed by atoms with E-state index in [-0.39, 0.29) is 6.10 Å². The second-order valence-corrected chi connectivity index (χ2v) is 4.58. The number of hydrogen-bond acceptors (Lipinski definition) is 3. The summed E-state index contributed by atoms with van der Waals surface area (Å²) in [7, 11) is 0. The molecule has 0 radical (unpaired) electrons. The van der Waals surface area contributed by atoms with Crippen molar-refractivity contribution in [3.05, 3.63) is 0 Å². The van der Waals surface area contributed by atoms with Crippen molar-refractivity contribution >= 4 is 17.3 Å². The monoisotopic (exact) mass is 200 g/mol. The summed E-state index contributed by atoms with van der Waals surface area (Å²) in [4.78, 5) is 0. The maximum absolute atomic E-state index is 5.70. The number of hydrogen-bond donors (Lipinski definition) is 0. The minimum atomic E-state index is 0.242. The summed E-state index contributed by atoms with van der Waals surface area (Å²) in [6.45, 7) is 3.11. The van der Waals surface area contributed by atoms with Gasteiger partial charge in [-0.05, 0) is 37.4 Å². The van der Waals surface area contributed by atoms with Crippen LogP contribution in [0.25, 0.3) is 0 Å². The normalized spacial score (nSPS) is 40.4. The van der Waals surface area contributed by atoms with Gasteiger partial charge in [-0.15, -0.1) is 0 Å². The first kappa shape index (κ1) is 9.41. The van der Waals surface area contributed by atoms with Crippen LogP contribution in [0.1, 0.15) is 32.6 Å². The standard InChI is InChI=1S/C10H16O2S/c1-7-5-9-8(3-2-4-11-9)12-10(13)6-7/h7-9H,2-6H2,1H3/t7-,8+,9-/m0/s1. The van der Waals surface area contributed by atoms with Gasteiger partial charge >= 0.3 is 0 Å². The van der Waals surface area contributed by atoms with Gasteiger partial charge in [-0.25, -0.2) is 0 Å². The van der Waals surface area contributed by atoms with Crippen LogP contribution in [0.5, 0.6) is 0 Å². The van der Waals surface area contributed by atoms with Crippen LogP contribution < -0.4 is 0 Å². The minimum absolute atomic E-state index is 0.242. The molecule has 3 heteroatoms. The Balaban J connectivity index is 2.05. The van der Waals surface area contributed by atoms with Crippen LogP contribution in [0, 0.1) is 5.92 Å². The molecule has 0 aliphatic carbocycles. The highest BCUT2D eigenvalue weighted by atomic mass is 32.1. The highest BCUT2D eigenvalue weighted by molar-refractivity contribution is 7.80. The lowest BCUT2D eigenvalue weighted by molar-refractivity contribution is -0.0683. The molecule has 0 aromatic rings. The van der Waals surface area contributed by atoms with Gasteiger partial charge in [0.25, 0.3) is 0 Å². The summed E-state index contributed by atoms with van der Waals surface area (Å²) in [5, 5.41) is 0.783. The fourth-order valence-electron chi connectivity index (χ4n) is 2.15. The van der Waals surface area contributed by atoms with Gasteiger partial charge in [-0.1, -0.05) is 6.92 Å². The first-order valence-electron chi connectivity index (χ1n) is 5.07. The van der Waals surface area contributed by atoms with Crippen LogP contribution in [0.2, 0.25) is 0 Å². The highest BCUT2D eigenvalue weighted by Gasteiger charge is 2.32. The summed E-state index contributed by atoms with van der Waals surface area (Å²) in [5.41, 5.74) is 0. The molecule has 2 aliphatic rings. The van der Waals surface area contributed by atoms with Crippen LogP contribution in [-0.4, -0.2) is 23.9 Å². The Labute approximate surface area is 84.6 Å². The molecular formula is C10H16O2S. The lowest BCUT2D eigenvalue weighted by Crippen LogP contribution is -2.35. The van der Waals surface area contributed by atoms with E-state index in [2.05, 4.69) is 6.92 Å². The van der Waals surface area contributed by atoms with Gasteiger partial charge < -0.3 is 9.47 Å². The van der Waals surface area contributed by atoms with Gasteiger partial charge in [-0.3, -0.25) is 0 Å². The molecule has 0 spiro atoms. The number of thiocarbonyl (C=S) groups is 1. The summed E-state index contributed by atoms with van der Waals surface area (Å²) in [6, 6.07) is 0. The highest BCUT2D eigenvalue weighted by Crippen LogP contribution is 2.28. The molecule has 13 heavy (non-hydrogen) atoms. The van der Waals surface area contributed by atoms with Crippen molar-refractivity contribution in [1.29, 1.82) is 0 Å². The Morgan fingerprint density at radius 2 is 2.23 bits per heavy atom. The molecular weight excluding hydrogens is 184 g/mol. The van der Waals surface area contributed by atoms with E-state index >= 15 is 0 Å². The molecule has 0 aromatic heterocycles. The minimum Gasteiger partial charge on any atom is -0.481 e. The third-order valence-corrected chi connectivity index (χ3v) is 3.08. The van der Waals surface area contributed by atoms with Gasteiger partial charge in [0.15, 0.2) is 5.05 Å². The smallest absolute Gasteiger partial charge is 0.160 e. The quantitative estimate of drug-likeness (QED) is 0.559. The van der Waals surface area contributed by atoms with E-state index in [9.17, 15) is 0 Å². The van der Waals surface area contributed by atoms with Gasteiger partial charge in [0.1, 0.15) is 6.10 Å². The molecule has 0 amide bonds. The van der Waals surface area contributed by atoms with Crippen molar-refractivity contribution in [1.82, 2.24) is 0 Å². The lowest BCUT2D eigenvalue weighted by atomic mass is 9.96. The fourth-order valence-corrected chi connectivity index (χ4v) is 2.56. The molecule has 0 unspecified atom stereocenters. The molecule has 2 fully saturated rings. The van der Waals surface area contributed by atoms with E-state index in [4.69, 9.17) is 21.7 Å². The van der Waals surface area contributed by atoms with E-state index in [1.807, 2.05) is 0 Å². The summed E-state index contributed by atoms with van der Waals surface area (Å²) in [5.74, 6) is 0.612. The van der Waals surface area contributed by atoms with Crippen molar-refractivity contribution < 1.29 is 9.47 Å². The zero-order chi connectivity index (χ0) is 9.26. The van der Waals surface area contributed by atoms with Gasteiger partial charge in [0.2, 0.25) is 0 Å².